The second kappa shape index (κ2) is 5.28. The van der Waals surface area contributed by atoms with Crippen LogP contribution in [0.4, 0.5) is 11.5 Å². The zero-order valence-electron chi connectivity index (χ0n) is 12.0. The summed E-state index contributed by atoms with van der Waals surface area (Å²) in [5.74, 6) is -0.476. The van der Waals surface area contributed by atoms with Gasteiger partial charge in [0, 0.05) is 21.0 Å². The first kappa shape index (κ1) is 14.6. The van der Waals surface area contributed by atoms with Gasteiger partial charge < -0.3 is 11.1 Å². The van der Waals surface area contributed by atoms with Crippen LogP contribution in [0.5, 0.6) is 0 Å². The van der Waals surface area contributed by atoms with Gasteiger partial charge >= 0.3 is 5.69 Å². The Kier molecular flexibility index (Phi) is 3.66. The second-order valence-corrected chi connectivity index (χ2v) is 4.73. The van der Waals surface area contributed by atoms with E-state index >= 15 is 0 Å². The molecule has 21 heavy (non-hydrogen) atoms. The molecule has 1 aromatic heterocycles. The first-order valence-electron chi connectivity index (χ1n) is 6.26. The fourth-order valence-electron chi connectivity index (χ4n) is 1.83. The van der Waals surface area contributed by atoms with Crippen molar-refractivity contribution in [2.24, 2.45) is 14.1 Å². The van der Waals surface area contributed by atoms with E-state index in [-0.39, 0.29) is 11.5 Å². The number of benzene rings is 1. The normalized spacial score (nSPS) is 10.4. The number of nitrogens with one attached hydrogen (secondary N) is 1. The summed E-state index contributed by atoms with van der Waals surface area (Å²) in [5.41, 5.74) is 7.16. The van der Waals surface area contributed by atoms with E-state index in [1.807, 2.05) is 0 Å². The molecule has 2 aliphatic carbocycles. The lowest BCUT2D eigenvalue weighted by molar-refractivity contribution is -0.114. The van der Waals surface area contributed by atoms with Gasteiger partial charge in [0.15, 0.2) is 0 Å². The van der Waals surface area contributed by atoms with E-state index in [0.717, 1.165) is 9.13 Å². The van der Waals surface area contributed by atoms with Crippen molar-refractivity contribution in [2.45, 2.75) is 6.92 Å². The van der Waals surface area contributed by atoms with Crippen molar-refractivity contribution in [3.63, 3.8) is 0 Å². The second-order valence-electron chi connectivity index (χ2n) is 4.73. The predicted octanol–water partition coefficient (Wildman–Crippen LogP) is 0.292. The number of hydrogen-bond acceptors (Lipinski definition) is 4. The molecule has 110 valence electrons. The largest absolute Gasteiger partial charge is 0.383 e. The minimum absolute atomic E-state index is 0.0571. The van der Waals surface area contributed by atoms with Gasteiger partial charge in [-0.1, -0.05) is 18.2 Å². The van der Waals surface area contributed by atoms with E-state index in [0.29, 0.717) is 0 Å². The zero-order valence-corrected chi connectivity index (χ0v) is 12.0. The minimum Gasteiger partial charge on any atom is -0.383 e. The molecule has 3 N–H and O–H groups in total. The lowest BCUT2D eigenvalue weighted by Gasteiger charge is -2.10. The molecule has 1 heterocycles. The molecule has 0 bridgehead atoms. The van der Waals surface area contributed by atoms with Crippen LogP contribution in [0.15, 0.2) is 33.9 Å². The van der Waals surface area contributed by atoms with Gasteiger partial charge in [-0.25, -0.2) is 4.79 Å². The van der Waals surface area contributed by atoms with Crippen LogP contribution in [-0.2, 0) is 18.9 Å². The number of hydrogen-bond donors (Lipinski definition) is 2. The maximum Gasteiger partial charge on any atom is 0.332 e. The molecule has 0 atom stereocenters. The highest BCUT2D eigenvalue weighted by molar-refractivity contribution is 5.91. The van der Waals surface area contributed by atoms with E-state index in [2.05, 4.69) is 29.6 Å². The molecule has 0 saturated heterocycles. The topological polar surface area (TPSA) is 99.1 Å². The molecule has 0 fully saturated rings. The van der Waals surface area contributed by atoms with Gasteiger partial charge in [-0.15, -0.1) is 0 Å². The molecule has 7 nitrogen and oxygen atoms in total. The number of amides is 1. The Morgan fingerprint density at radius 2 is 1.71 bits per heavy atom. The van der Waals surface area contributed by atoms with Gasteiger partial charge in [0.05, 0.1) is 0 Å². The zero-order chi connectivity index (χ0) is 15.7. The number of nitrogens with two attached hydrogens (primary N) is 1. The van der Waals surface area contributed by atoms with Gasteiger partial charge in [0.25, 0.3) is 5.56 Å². The minimum atomic E-state index is -0.620. The van der Waals surface area contributed by atoms with Crippen molar-refractivity contribution in [2.75, 3.05) is 11.1 Å². The number of fused-ring (bicyclic) bond motifs is 1. The van der Waals surface area contributed by atoms with Crippen LogP contribution in [0.2, 0.25) is 0 Å². The van der Waals surface area contributed by atoms with E-state index in [9.17, 15) is 14.4 Å². The third-order valence-corrected chi connectivity index (χ3v) is 3.12. The van der Waals surface area contributed by atoms with Crippen molar-refractivity contribution in [1.29, 1.82) is 0 Å². The number of carbonyl (C=O) groups is 1. The summed E-state index contributed by atoms with van der Waals surface area (Å²) in [6.45, 7) is 1.25. The van der Waals surface area contributed by atoms with E-state index in [4.69, 9.17) is 5.73 Å². The number of carbonyl (C=O) groups excluding carboxylic acids is 1. The fraction of sp³-hybridized carbons (Fsp3) is 0.214. The van der Waals surface area contributed by atoms with Crippen LogP contribution in [0.3, 0.4) is 0 Å². The van der Waals surface area contributed by atoms with Crippen molar-refractivity contribution >= 4 is 17.4 Å². The molecule has 0 aliphatic heterocycles. The lowest BCUT2D eigenvalue weighted by atomic mass is 10.4. The number of nitrogen functional groups attached to an aromatic ring is 1. The molecule has 2 aliphatic rings. The lowest BCUT2D eigenvalue weighted by Crippen LogP contribution is -2.40. The van der Waals surface area contributed by atoms with Gasteiger partial charge in [0.2, 0.25) is 5.91 Å². The van der Waals surface area contributed by atoms with E-state index in [1.54, 1.807) is 0 Å². The van der Waals surface area contributed by atoms with Gasteiger partial charge in [0.1, 0.15) is 11.5 Å². The van der Waals surface area contributed by atoms with E-state index < -0.39 is 17.2 Å². The Balaban J connectivity index is 0.000000218. The smallest absolute Gasteiger partial charge is 0.332 e. The van der Waals surface area contributed by atoms with Crippen molar-refractivity contribution < 1.29 is 4.79 Å². The van der Waals surface area contributed by atoms with Crippen molar-refractivity contribution in [3.8, 4) is 11.1 Å². The number of aromatic nitrogens is 2. The molecular weight excluding hydrogens is 272 g/mol. The third-order valence-electron chi connectivity index (χ3n) is 3.12. The Hall–Kier alpha value is -2.83. The Morgan fingerprint density at radius 3 is 2.10 bits per heavy atom. The van der Waals surface area contributed by atoms with Crippen LogP contribution in [-0.4, -0.2) is 15.0 Å². The fourth-order valence-corrected chi connectivity index (χ4v) is 1.83. The molecule has 7 heteroatoms. The average molecular weight is 288 g/mol. The maximum absolute atomic E-state index is 11.6. The number of anilines is 2. The molecular formula is C14H16N4O3. The molecule has 3 rings (SSSR count). The summed E-state index contributed by atoms with van der Waals surface area (Å²) in [6, 6.07) is 8.48. The SMILES string of the molecule is CC(=O)Nc1c(N)n(C)c(=O)n(C)c1=O.c1cc2cc-2c1. The predicted molar refractivity (Wildman–Crippen MR) is 81.1 cm³/mol. The molecule has 1 amide bonds. The van der Waals surface area contributed by atoms with Crippen LogP contribution in [0.1, 0.15) is 6.92 Å². The summed E-state index contributed by atoms with van der Waals surface area (Å²) >= 11 is 0. The first-order chi connectivity index (χ1) is 9.82. The van der Waals surface area contributed by atoms with Gasteiger partial charge in [-0.05, 0) is 17.2 Å². The van der Waals surface area contributed by atoms with Crippen LogP contribution in [0.25, 0.3) is 11.1 Å². The standard InChI is InChI=1S/C8H12N4O3.C6H4/c1-4(13)10-5-6(9)11(2)8(15)12(3)7(5)14;1-2-5-4-6(5)3-1/h9H2,1-3H3,(H,10,13);1-4H. The highest BCUT2D eigenvalue weighted by Crippen LogP contribution is 2.32. The molecule has 0 aromatic carbocycles. The highest BCUT2D eigenvalue weighted by atomic mass is 16.2. The van der Waals surface area contributed by atoms with Gasteiger partial charge in [-0.3, -0.25) is 18.7 Å². The molecule has 0 radical (unpaired) electrons. The number of rotatable bonds is 1. The summed E-state index contributed by atoms with van der Waals surface area (Å²) in [7, 11) is 2.73. The monoisotopic (exact) mass is 288 g/mol. The molecule has 1 aromatic rings. The summed E-state index contributed by atoms with van der Waals surface area (Å²) < 4.78 is 1.97. The quantitative estimate of drug-likeness (QED) is 0.672. The summed E-state index contributed by atoms with van der Waals surface area (Å²) in [6.07, 6.45) is 0. The Labute approximate surface area is 120 Å². The summed E-state index contributed by atoms with van der Waals surface area (Å²) in [4.78, 5) is 33.8. The molecule has 0 spiro atoms. The van der Waals surface area contributed by atoms with E-state index in [1.165, 1.54) is 32.1 Å². The van der Waals surface area contributed by atoms with Crippen LogP contribution < -0.4 is 22.3 Å². The first-order valence-corrected chi connectivity index (χ1v) is 6.26. The van der Waals surface area contributed by atoms with Gasteiger partial charge in [-0.2, -0.15) is 0 Å². The molecule has 0 unspecified atom stereocenters. The maximum atomic E-state index is 11.6. The Morgan fingerprint density at radius 1 is 1.14 bits per heavy atom. The average Bonchev–Trinajstić information content (AvgIpc) is 3.06. The molecule has 0 saturated carbocycles. The highest BCUT2D eigenvalue weighted by Gasteiger charge is 2.13. The van der Waals surface area contributed by atoms with Crippen molar-refractivity contribution in [1.82, 2.24) is 9.13 Å². The summed E-state index contributed by atoms with van der Waals surface area (Å²) in [5, 5.41) is 2.29. The Bertz CT molecular complexity index is 816. The van der Waals surface area contributed by atoms with Crippen LogP contribution >= 0.6 is 0 Å². The number of nitrogens with zero attached hydrogens (tertiary/aromatic N) is 2. The van der Waals surface area contributed by atoms with Crippen molar-refractivity contribution in [3.05, 3.63) is 45.1 Å². The third kappa shape index (κ3) is 2.86. The van der Waals surface area contributed by atoms with Crippen LogP contribution in [0, 0.1) is 0 Å².